The van der Waals surface area contributed by atoms with Crippen LogP contribution in [0.4, 0.5) is 11.4 Å². The zero-order chi connectivity index (χ0) is 12.3. The summed E-state index contributed by atoms with van der Waals surface area (Å²) in [7, 11) is 2.05. The zero-order valence-electron chi connectivity index (χ0n) is 9.73. The van der Waals surface area contributed by atoms with Crippen LogP contribution in [0.25, 0.3) is 0 Å². The van der Waals surface area contributed by atoms with Crippen molar-refractivity contribution in [3.8, 4) is 0 Å². The minimum Gasteiger partial charge on any atom is -0.398 e. The van der Waals surface area contributed by atoms with Crippen molar-refractivity contribution in [3.63, 3.8) is 0 Å². The average Bonchev–Trinajstić information content (AvgIpc) is 2.34. The molecule has 2 N–H and O–H groups in total. The molecule has 0 aromatic heterocycles. The molecule has 0 saturated heterocycles. The Morgan fingerprint density at radius 2 is 1.82 bits per heavy atom. The van der Waals surface area contributed by atoms with Crippen molar-refractivity contribution in [2.75, 3.05) is 17.7 Å². The first-order chi connectivity index (χ1) is 8.16. The molecule has 2 nitrogen and oxygen atoms in total. The second-order valence-electron chi connectivity index (χ2n) is 4.03. The second kappa shape index (κ2) is 5.11. The number of para-hydroxylation sites is 1. The lowest BCUT2D eigenvalue weighted by molar-refractivity contribution is 0.925. The van der Waals surface area contributed by atoms with Crippen molar-refractivity contribution in [1.82, 2.24) is 0 Å². The number of hydrogen-bond donors (Lipinski definition) is 1. The summed E-state index contributed by atoms with van der Waals surface area (Å²) in [6.07, 6.45) is 0. The Morgan fingerprint density at radius 1 is 1.12 bits per heavy atom. The number of rotatable bonds is 3. The maximum absolute atomic E-state index is 5.94. The first-order valence-corrected chi connectivity index (χ1v) is 5.84. The van der Waals surface area contributed by atoms with Crippen molar-refractivity contribution >= 4 is 23.0 Å². The van der Waals surface area contributed by atoms with Crippen LogP contribution in [-0.2, 0) is 6.54 Å². The summed E-state index contributed by atoms with van der Waals surface area (Å²) >= 11 is 5.88. The quantitative estimate of drug-likeness (QED) is 0.840. The molecule has 0 bridgehead atoms. The molecule has 0 aliphatic heterocycles. The Kier molecular flexibility index (Phi) is 3.55. The first kappa shape index (κ1) is 11.8. The van der Waals surface area contributed by atoms with Crippen LogP contribution in [0.15, 0.2) is 48.5 Å². The highest BCUT2D eigenvalue weighted by Gasteiger charge is 2.04. The predicted molar refractivity (Wildman–Crippen MR) is 74.4 cm³/mol. The summed E-state index contributed by atoms with van der Waals surface area (Å²) in [5, 5.41) is 0.675. The first-order valence-electron chi connectivity index (χ1n) is 5.47. The number of nitrogens with zero attached hydrogens (tertiary/aromatic N) is 1. The van der Waals surface area contributed by atoms with Gasteiger partial charge in [-0.05, 0) is 29.8 Å². The molecule has 3 heteroatoms. The molecule has 88 valence electrons. The zero-order valence-corrected chi connectivity index (χ0v) is 10.5. The lowest BCUT2D eigenvalue weighted by Gasteiger charge is -2.20. The van der Waals surface area contributed by atoms with E-state index in [4.69, 9.17) is 17.3 Å². The van der Waals surface area contributed by atoms with E-state index >= 15 is 0 Å². The number of hydrogen-bond acceptors (Lipinski definition) is 2. The van der Waals surface area contributed by atoms with Crippen molar-refractivity contribution in [2.24, 2.45) is 0 Å². The summed E-state index contributed by atoms with van der Waals surface area (Å²) in [4.78, 5) is 2.15. The van der Waals surface area contributed by atoms with Gasteiger partial charge in [-0.3, -0.25) is 0 Å². The fraction of sp³-hybridized carbons (Fsp3) is 0.143. The van der Waals surface area contributed by atoms with Crippen LogP contribution in [-0.4, -0.2) is 7.05 Å². The third-order valence-corrected chi connectivity index (χ3v) is 2.95. The van der Waals surface area contributed by atoms with E-state index in [2.05, 4.69) is 17.0 Å². The van der Waals surface area contributed by atoms with Crippen molar-refractivity contribution in [2.45, 2.75) is 6.54 Å². The van der Waals surface area contributed by atoms with Crippen LogP contribution < -0.4 is 10.6 Å². The van der Waals surface area contributed by atoms with Gasteiger partial charge in [0.1, 0.15) is 0 Å². The van der Waals surface area contributed by atoms with E-state index in [1.807, 2.05) is 37.4 Å². The third kappa shape index (κ3) is 2.92. The van der Waals surface area contributed by atoms with E-state index in [0.717, 1.165) is 17.8 Å². The van der Waals surface area contributed by atoms with Gasteiger partial charge >= 0.3 is 0 Å². The van der Waals surface area contributed by atoms with Crippen LogP contribution in [0.5, 0.6) is 0 Å². The highest BCUT2D eigenvalue weighted by atomic mass is 35.5. The highest BCUT2D eigenvalue weighted by Crippen LogP contribution is 2.21. The van der Waals surface area contributed by atoms with Gasteiger partial charge in [-0.1, -0.05) is 35.9 Å². The molecule has 2 aromatic rings. The molecule has 0 aliphatic carbocycles. The van der Waals surface area contributed by atoms with Crippen LogP contribution in [0, 0.1) is 0 Å². The lowest BCUT2D eigenvalue weighted by atomic mass is 10.1. The third-order valence-electron chi connectivity index (χ3n) is 2.71. The minimum absolute atomic E-state index is 0.675. The van der Waals surface area contributed by atoms with E-state index in [1.165, 1.54) is 5.69 Å². The standard InChI is InChI=1S/C14H15ClN2/c1-17(13-5-3-2-4-6-13)10-11-7-8-12(15)9-14(11)16/h2-9H,10,16H2,1H3. The average molecular weight is 247 g/mol. The van der Waals surface area contributed by atoms with E-state index in [9.17, 15) is 0 Å². The molecule has 17 heavy (non-hydrogen) atoms. The van der Waals surface area contributed by atoms with Gasteiger partial charge in [-0.15, -0.1) is 0 Å². The molecule has 0 radical (unpaired) electrons. The number of nitrogen functional groups attached to an aromatic ring is 1. The minimum atomic E-state index is 0.675. The lowest BCUT2D eigenvalue weighted by Crippen LogP contribution is -2.17. The number of nitrogens with two attached hydrogens (primary N) is 1. The Labute approximate surface area is 107 Å². The van der Waals surface area contributed by atoms with Crippen LogP contribution >= 0.6 is 11.6 Å². The second-order valence-corrected chi connectivity index (χ2v) is 4.47. The van der Waals surface area contributed by atoms with Gasteiger partial charge in [0.05, 0.1) is 0 Å². The molecule has 0 unspecified atom stereocenters. The summed E-state index contributed by atoms with van der Waals surface area (Å²) in [6, 6.07) is 15.8. The molecule has 0 atom stereocenters. The molecule has 0 spiro atoms. The molecule has 0 aliphatic rings. The number of halogens is 1. The van der Waals surface area contributed by atoms with Crippen molar-refractivity contribution < 1.29 is 0 Å². The molecule has 0 amide bonds. The van der Waals surface area contributed by atoms with Crippen molar-refractivity contribution in [1.29, 1.82) is 0 Å². The van der Waals surface area contributed by atoms with E-state index in [-0.39, 0.29) is 0 Å². The van der Waals surface area contributed by atoms with Gasteiger partial charge < -0.3 is 10.6 Å². The van der Waals surface area contributed by atoms with E-state index in [0.29, 0.717) is 5.02 Å². The SMILES string of the molecule is CN(Cc1ccc(Cl)cc1N)c1ccccc1. The molecule has 0 saturated carbocycles. The number of benzene rings is 2. The fourth-order valence-corrected chi connectivity index (χ4v) is 1.92. The Morgan fingerprint density at radius 3 is 2.47 bits per heavy atom. The summed E-state index contributed by atoms with van der Waals surface area (Å²) < 4.78 is 0. The summed E-state index contributed by atoms with van der Waals surface area (Å²) in [5.41, 5.74) is 8.93. The van der Waals surface area contributed by atoms with Crippen LogP contribution in [0.3, 0.4) is 0 Å². The van der Waals surface area contributed by atoms with Gasteiger partial charge in [0.25, 0.3) is 0 Å². The summed E-state index contributed by atoms with van der Waals surface area (Å²) in [5.74, 6) is 0. The smallest absolute Gasteiger partial charge is 0.0446 e. The highest BCUT2D eigenvalue weighted by molar-refractivity contribution is 6.30. The van der Waals surface area contributed by atoms with Crippen LogP contribution in [0.2, 0.25) is 5.02 Å². The molecule has 2 aromatic carbocycles. The molecular formula is C14H15ClN2. The molecule has 0 fully saturated rings. The van der Waals surface area contributed by atoms with E-state index in [1.54, 1.807) is 6.07 Å². The normalized spacial score (nSPS) is 10.2. The van der Waals surface area contributed by atoms with Gasteiger partial charge in [0.15, 0.2) is 0 Å². The van der Waals surface area contributed by atoms with Gasteiger partial charge in [-0.2, -0.15) is 0 Å². The fourth-order valence-electron chi connectivity index (χ4n) is 1.74. The summed E-state index contributed by atoms with van der Waals surface area (Å²) in [6.45, 7) is 0.771. The monoisotopic (exact) mass is 246 g/mol. The Bertz CT molecular complexity index is 497. The Hall–Kier alpha value is -1.67. The number of anilines is 2. The van der Waals surface area contributed by atoms with Gasteiger partial charge in [-0.25, -0.2) is 0 Å². The largest absolute Gasteiger partial charge is 0.398 e. The molecule has 0 heterocycles. The topological polar surface area (TPSA) is 29.3 Å². The van der Waals surface area contributed by atoms with Crippen LogP contribution in [0.1, 0.15) is 5.56 Å². The molecular weight excluding hydrogens is 232 g/mol. The van der Waals surface area contributed by atoms with E-state index < -0.39 is 0 Å². The molecule has 2 rings (SSSR count). The maximum atomic E-state index is 5.94. The predicted octanol–water partition coefficient (Wildman–Crippen LogP) is 3.56. The maximum Gasteiger partial charge on any atom is 0.0446 e. The van der Waals surface area contributed by atoms with Crippen molar-refractivity contribution in [3.05, 3.63) is 59.1 Å². The van der Waals surface area contributed by atoms with Gasteiger partial charge in [0, 0.05) is 30.0 Å². The Balaban J connectivity index is 2.16. The van der Waals surface area contributed by atoms with Gasteiger partial charge in [0.2, 0.25) is 0 Å².